The molecule has 0 bridgehead atoms. The number of benzene rings is 1. The molecule has 5 rings (SSSR count). The Labute approximate surface area is 176 Å². The monoisotopic (exact) mass is 426 g/mol. The molecule has 31 heavy (non-hydrogen) atoms. The number of hydrogen-bond donors (Lipinski definition) is 1. The Morgan fingerprint density at radius 2 is 1.94 bits per heavy atom. The van der Waals surface area contributed by atoms with E-state index in [2.05, 4.69) is 20.4 Å². The Morgan fingerprint density at radius 1 is 1.13 bits per heavy atom. The van der Waals surface area contributed by atoms with E-state index in [0.717, 1.165) is 24.6 Å². The lowest BCUT2D eigenvalue weighted by Gasteiger charge is -2.35. The van der Waals surface area contributed by atoms with Crippen LogP contribution in [-0.4, -0.2) is 52.2 Å². The summed E-state index contributed by atoms with van der Waals surface area (Å²) in [5.41, 5.74) is 0.895. The van der Waals surface area contributed by atoms with Crippen molar-refractivity contribution in [1.82, 2.24) is 20.0 Å². The predicted molar refractivity (Wildman–Crippen MR) is 109 cm³/mol. The maximum absolute atomic E-state index is 14.1. The van der Waals surface area contributed by atoms with Crippen LogP contribution in [0.5, 0.6) is 0 Å². The van der Waals surface area contributed by atoms with E-state index in [-0.39, 0.29) is 17.4 Å². The molecule has 8 nitrogen and oxygen atoms in total. The molecule has 3 aromatic rings. The van der Waals surface area contributed by atoms with Gasteiger partial charge in [0.05, 0.1) is 11.3 Å². The summed E-state index contributed by atoms with van der Waals surface area (Å²) in [6.07, 6.45) is 3.74. The Kier molecular flexibility index (Phi) is 4.97. The van der Waals surface area contributed by atoms with Crippen molar-refractivity contribution in [3.8, 4) is 11.4 Å². The number of nitrogens with zero attached hydrogens (tertiary/aromatic N) is 5. The Balaban J connectivity index is 1.22. The number of carbonyl (C=O) groups excluding carboxylic acids is 1. The van der Waals surface area contributed by atoms with Crippen LogP contribution >= 0.6 is 0 Å². The Bertz CT molecular complexity index is 1110. The second-order valence-electron chi connectivity index (χ2n) is 7.63. The molecule has 1 saturated carbocycles. The van der Waals surface area contributed by atoms with Gasteiger partial charge in [0.25, 0.3) is 0 Å². The molecule has 2 fully saturated rings. The van der Waals surface area contributed by atoms with Gasteiger partial charge in [0.2, 0.25) is 5.88 Å². The number of anilines is 2. The van der Waals surface area contributed by atoms with Crippen LogP contribution in [-0.2, 0) is 0 Å². The molecular formula is C21H20F2N6O2. The van der Waals surface area contributed by atoms with Crippen molar-refractivity contribution in [1.29, 1.82) is 0 Å². The maximum atomic E-state index is 14.1. The maximum Gasteiger partial charge on any atom is 0.324 e. The van der Waals surface area contributed by atoms with Gasteiger partial charge in [0.1, 0.15) is 5.82 Å². The Morgan fingerprint density at radius 3 is 2.71 bits per heavy atom. The third-order valence-corrected chi connectivity index (χ3v) is 5.48. The highest BCUT2D eigenvalue weighted by molar-refractivity contribution is 5.88. The molecule has 3 heterocycles. The number of urea groups is 1. The van der Waals surface area contributed by atoms with Crippen molar-refractivity contribution in [3.63, 3.8) is 0 Å². The average molecular weight is 426 g/mol. The van der Waals surface area contributed by atoms with Crippen LogP contribution in [0.15, 0.2) is 41.1 Å². The number of amides is 2. The normalized spacial score (nSPS) is 16.5. The van der Waals surface area contributed by atoms with Gasteiger partial charge >= 0.3 is 6.03 Å². The quantitative estimate of drug-likeness (QED) is 0.685. The minimum Gasteiger partial charge on any atom is -0.353 e. The molecule has 10 heteroatoms. The standard InChI is InChI=1S/C21H20F2N6O2/c22-15-3-1-2-14(19(15)23)20-24-7-6-17(25-20)28-8-10-29(11-9-28)21(30)26-18-12-16(27-31-18)13-4-5-13/h1-3,6-7,12-13H,4-5,8-11H2,(H,26,30). The second kappa shape index (κ2) is 7.93. The van der Waals surface area contributed by atoms with Gasteiger partial charge in [0.15, 0.2) is 17.5 Å². The van der Waals surface area contributed by atoms with Gasteiger partial charge in [-0.05, 0) is 31.0 Å². The number of hydrogen-bond acceptors (Lipinski definition) is 6. The molecule has 1 saturated heterocycles. The largest absolute Gasteiger partial charge is 0.353 e. The second-order valence-corrected chi connectivity index (χ2v) is 7.63. The smallest absolute Gasteiger partial charge is 0.324 e. The molecule has 1 aliphatic carbocycles. The number of piperazine rings is 1. The van der Waals surface area contributed by atoms with Gasteiger partial charge in [0, 0.05) is 44.4 Å². The van der Waals surface area contributed by atoms with Gasteiger partial charge in [-0.3, -0.25) is 5.32 Å². The first-order valence-corrected chi connectivity index (χ1v) is 10.1. The molecule has 2 aromatic heterocycles. The minimum absolute atomic E-state index is 0.0116. The van der Waals surface area contributed by atoms with E-state index in [1.165, 1.54) is 18.3 Å². The summed E-state index contributed by atoms with van der Waals surface area (Å²) in [6, 6.07) is 7.16. The zero-order valence-electron chi connectivity index (χ0n) is 16.6. The molecule has 2 aliphatic rings. The molecule has 0 atom stereocenters. The first kappa shape index (κ1) is 19.4. The van der Waals surface area contributed by atoms with Gasteiger partial charge in [-0.1, -0.05) is 11.2 Å². The first-order chi connectivity index (χ1) is 15.1. The number of aromatic nitrogens is 3. The highest BCUT2D eigenvalue weighted by atomic mass is 19.2. The van der Waals surface area contributed by atoms with E-state index in [1.54, 1.807) is 17.0 Å². The summed E-state index contributed by atoms with van der Waals surface area (Å²) in [7, 11) is 0. The molecule has 0 unspecified atom stereocenters. The first-order valence-electron chi connectivity index (χ1n) is 10.1. The van der Waals surface area contributed by atoms with Crippen LogP contribution in [0.1, 0.15) is 24.5 Å². The van der Waals surface area contributed by atoms with E-state index in [1.807, 2.05) is 4.90 Å². The third-order valence-electron chi connectivity index (χ3n) is 5.48. The topological polar surface area (TPSA) is 87.4 Å². The number of halogens is 2. The summed E-state index contributed by atoms with van der Waals surface area (Å²) in [4.78, 5) is 24.7. The van der Waals surface area contributed by atoms with Gasteiger partial charge in [-0.25, -0.2) is 23.5 Å². The molecule has 1 aliphatic heterocycles. The van der Waals surface area contributed by atoms with E-state index >= 15 is 0 Å². The van der Waals surface area contributed by atoms with Crippen molar-refractivity contribution in [2.75, 3.05) is 36.4 Å². The molecule has 1 N–H and O–H groups in total. The number of rotatable bonds is 4. The van der Waals surface area contributed by atoms with Gasteiger partial charge < -0.3 is 14.3 Å². The number of carbonyl (C=O) groups is 1. The molecular weight excluding hydrogens is 406 g/mol. The van der Waals surface area contributed by atoms with E-state index in [4.69, 9.17) is 4.52 Å². The minimum atomic E-state index is -0.974. The van der Waals surface area contributed by atoms with Crippen molar-refractivity contribution in [2.24, 2.45) is 0 Å². The predicted octanol–water partition coefficient (Wildman–Crippen LogP) is 3.64. The fourth-order valence-corrected chi connectivity index (χ4v) is 3.57. The molecule has 0 spiro atoms. The van der Waals surface area contributed by atoms with Crippen molar-refractivity contribution >= 4 is 17.7 Å². The highest BCUT2D eigenvalue weighted by Crippen LogP contribution is 2.40. The van der Waals surface area contributed by atoms with E-state index < -0.39 is 11.6 Å². The average Bonchev–Trinajstić information content (AvgIpc) is 3.55. The molecule has 160 valence electrons. The summed E-state index contributed by atoms with van der Waals surface area (Å²) in [5, 5.41) is 6.74. The van der Waals surface area contributed by atoms with Crippen LogP contribution in [0.2, 0.25) is 0 Å². The summed E-state index contributed by atoms with van der Waals surface area (Å²) in [5.74, 6) is -0.395. The van der Waals surface area contributed by atoms with Gasteiger partial charge in [-0.2, -0.15) is 0 Å². The lowest BCUT2D eigenvalue weighted by molar-refractivity contribution is 0.207. The van der Waals surface area contributed by atoms with Crippen molar-refractivity contribution in [3.05, 3.63) is 53.9 Å². The van der Waals surface area contributed by atoms with Crippen LogP contribution in [0.3, 0.4) is 0 Å². The fraction of sp³-hybridized carbons (Fsp3) is 0.333. The SMILES string of the molecule is O=C(Nc1cc(C2CC2)no1)N1CCN(c2ccnc(-c3cccc(F)c3F)n2)CC1. The summed E-state index contributed by atoms with van der Waals surface area (Å²) >= 11 is 0. The fourth-order valence-electron chi connectivity index (χ4n) is 3.57. The zero-order chi connectivity index (χ0) is 21.4. The number of nitrogens with one attached hydrogen (secondary N) is 1. The van der Waals surface area contributed by atoms with E-state index in [9.17, 15) is 13.6 Å². The molecule has 0 radical (unpaired) electrons. The molecule has 2 amide bonds. The van der Waals surface area contributed by atoms with E-state index in [0.29, 0.717) is 43.8 Å². The van der Waals surface area contributed by atoms with Crippen LogP contribution in [0.25, 0.3) is 11.4 Å². The lowest BCUT2D eigenvalue weighted by atomic mass is 10.2. The van der Waals surface area contributed by atoms with Crippen LogP contribution in [0, 0.1) is 11.6 Å². The summed E-state index contributed by atoms with van der Waals surface area (Å²) < 4.78 is 32.8. The highest BCUT2D eigenvalue weighted by Gasteiger charge is 2.28. The Hall–Kier alpha value is -3.56. The van der Waals surface area contributed by atoms with Crippen LogP contribution in [0.4, 0.5) is 25.3 Å². The molecule has 1 aromatic carbocycles. The van der Waals surface area contributed by atoms with Crippen LogP contribution < -0.4 is 10.2 Å². The lowest BCUT2D eigenvalue weighted by Crippen LogP contribution is -2.50. The van der Waals surface area contributed by atoms with Gasteiger partial charge in [-0.15, -0.1) is 0 Å². The zero-order valence-corrected chi connectivity index (χ0v) is 16.6. The third kappa shape index (κ3) is 4.05. The van der Waals surface area contributed by atoms with Crippen molar-refractivity contribution < 1.29 is 18.1 Å². The summed E-state index contributed by atoms with van der Waals surface area (Å²) in [6.45, 7) is 2.03. The van der Waals surface area contributed by atoms with Crippen molar-refractivity contribution in [2.45, 2.75) is 18.8 Å².